The maximum absolute atomic E-state index is 12.6. The molecule has 2 atom stereocenters. The number of esters is 1. The fourth-order valence-corrected chi connectivity index (χ4v) is 5.91. The number of rotatable bonds is 37. The number of likely N-dealkylation sites (N-methyl/N-ethyl adjacent to an activating group) is 1. The van der Waals surface area contributed by atoms with Gasteiger partial charge in [0.1, 0.15) is 19.3 Å². The zero-order valence-electron chi connectivity index (χ0n) is 33.5. The van der Waals surface area contributed by atoms with Crippen molar-refractivity contribution in [3.8, 4) is 0 Å². The van der Waals surface area contributed by atoms with Gasteiger partial charge in [-0.2, -0.15) is 0 Å². The Labute approximate surface area is 314 Å². The molecule has 2 unspecified atom stereocenters. The van der Waals surface area contributed by atoms with Crippen LogP contribution in [-0.4, -0.2) is 70.7 Å². The lowest BCUT2D eigenvalue weighted by molar-refractivity contribution is -0.870. The van der Waals surface area contributed by atoms with Crippen LogP contribution < -0.4 is 4.89 Å². The third-order valence-electron chi connectivity index (χ3n) is 8.38. The lowest BCUT2D eigenvalue weighted by Gasteiger charge is -2.28. The first-order chi connectivity index (χ1) is 24.6. The molecule has 0 bridgehead atoms. The van der Waals surface area contributed by atoms with E-state index < -0.39 is 13.9 Å². The van der Waals surface area contributed by atoms with E-state index in [2.05, 4.69) is 62.5 Å². The van der Waals surface area contributed by atoms with Crippen LogP contribution in [0.1, 0.15) is 155 Å². The smallest absolute Gasteiger partial charge is 0.306 e. The molecule has 0 N–H and O–H groups in total. The highest BCUT2D eigenvalue weighted by atomic mass is 31.2. The van der Waals surface area contributed by atoms with Crippen LogP contribution in [0.2, 0.25) is 0 Å². The molecule has 0 aromatic carbocycles. The van der Waals surface area contributed by atoms with Crippen molar-refractivity contribution >= 4 is 13.8 Å². The summed E-state index contributed by atoms with van der Waals surface area (Å²) in [4.78, 5) is 24.9. The minimum Gasteiger partial charge on any atom is -0.756 e. The number of phosphoric ester groups is 1. The Morgan fingerprint density at radius 3 is 1.61 bits per heavy atom. The van der Waals surface area contributed by atoms with Gasteiger partial charge in [-0.3, -0.25) is 9.36 Å². The van der Waals surface area contributed by atoms with Gasteiger partial charge in [-0.25, -0.2) is 0 Å². The first-order valence-corrected chi connectivity index (χ1v) is 21.8. The Kier molecular flexibility index (Phi) is 34.4. The fourth-order valence-electron chi connectivity index (χ4n) is 5.18. The maximum atomic E-state index is 12.6. The van der Waals surface area contributed by atoms with E-state index in [1.807, 2.05) is 21.1 Å². The molecule has 9 heteroatoms. The molecule has 0 aromatic rings. The summed E-state index contributed by atoms with van der Waals surface area (Å²) in [7, 11) is 1.32. The Morgan fingerprint density at radius 1 is 0.608 bits per heavy atom. The lowest BCUT2D eigenvalue weighted by atomic mass is 10.1. The molecule has 0 rings (SSSR count). The average Bonchev–Trinajstić information content (AvgIpc) is 3.08. The number of quaternary nitrogens is 1. The van der Waals surface area contributed by atoms with Crippen LogP contribution in [0.25, 0.3) is 0 Å². The molecule has 0 radical (unpaired) electrons. The number of hydrogen-bond donors (Lipinski definition) is 0. The second kappa shape index (κ2) is 35.5. The molecule has 0 aliphatic rings. The Hall–Kier alpha value is -1.54. The lowest BCUT2D eigenvalue weighted by Crippen LogP contribution is -2.37. The normalized spacial score (nSPS) is 14.4. The van der Waals surface area contributed by atoms with Crippen LogP contribution in [0.4, 0.5) is 0 Å². The minimum absolute atomic E-state index is 0.0155. The molecule has 0 amide bonds. The molecule has 51 heavy (non-hydrogen) atoms. The molecule has 0 spiro atoms. The summed E-state index contributed by atoms with van der Waals surface area (Å²) >= 11 is 0. The van der Waals surface area contributed by atoms with E-state index in [1.54, 1.807) is 0 Å². The summed E-state index contributed by atoms with van der Waals surface area (Å²) in [6, 6.07) is 0. The summed E-state index contributed by atoms with van der Waals surface area (Å²) in [5.74, 6) is -0.389. The van der Waals surface area contributed by atoms with Gasteiger partial charge in [0.2, 0.25) is 0 Å². The number of carbonyl (C=O) groups excluding carboxylic acids is 1. The molecular weight excluding hydrogens is 661 g/mol. The molecule has 0 saturated heterocycles. The van der Waals surface area contributed by atoms with Crippen molar-refractivity contribution in [1.82, 2.24) is 0 Å². The predicted octanol–water partition coefficient (Wildman–Crippen LogP) is 11.0. The van der Waals surface area contributed by atoms with Crippen LogP contribution >= 0.6 is 7.82 Å². The van der Waals surface area contributed by atoms with Gasteiger partial charge in [-0.05, 0) is 51.4 Å². The van der Waals surface area contributed by atoms with Gasteiger partial charge in [0.25, 0.3) is 7.82 Å². The number of allylic oxidation sites excluding steroid dienone is 8. The zero-order chi connectivity index (χ0) is 37.7. The highest BCUT2D eigenvalue weighted by Crippen LogP contribution is 2.38. The molecule has 8 nitrogen and oxygen atoms in total. The van der Waals surface area contributed by atoms with Gasteiger partial charge in [0.15, 0.2) is 0 Å². The Balaban J connectivity index is 4.39. The number of ether oxygens (including phenoxy) is 2. The van der Waals surface area contributed by atoms with Gasteiger partial charge in [-0.1, -0.05) is 146 Å². The molecule has 0 aliphatic carbocycles. The minimum atomic E-state index is -4.53. The number of hydrogen-bond acceptors (Lipinski definition) is 7. The van der Waals surface area contributed by atoms with E-state index in [9.17, 15) is 14.3 Å². The molecule has 0 aromatic heterocycles. The zero-order valence-corrected chi connectivity index (χ0v) is 34.4. The Bertz CT molecular complexity index is 957. The third kappa shape index (κ3) is 39.5. The summed E-state index contributed by atoms with van der Waals surface area (Å²) in [6.07, 6.45) is 41.2. The SMILES string of the molecule is CCCCC/C=C\C/C=C\C/C=C\C/C=C\CCCC(=O)OC(COCCCCCCCCCCCCCC)COP(=O)([O-])OCC[N+](C)(C)C. The standard InChI is InChI=1S/C42H78NO7P/c1-6-8-10-12-14-16-18-20-21-22-23-24-25-27-29-31-33-35-42(44)50-41(40-49-51(45,46)48-38-36-43(3,4)5)39-47-37-34-32-30-28-26-19-17-15-13-11-9-7-2/h14,16,20-21,23-24,27,29,41H,6-13,15,17-19,22,25-26,28,30-40H2,1-5H3/b16-14-,21-20-,24-23-,29-27-. The van der Waals surface area contributed by atoms with Gasteiger partial charge >= 0.3 is 5.97 Å². The number of nitrogens with zero attached hydrogens (tertiary/aromatic N) is 1. The van der Waals surface area contributed by atoms with Crippen LogP contribution in [0.5, 0.6) is 0 Å². The van der Waals surface area contributed by atoms with Crippen LogP contribution in [0, 0.1) is 0 Å². The predicted molar refractivity (Wildman–Crippen MR) is 213 cm³/mol. The quantitative estimate of drug-likeness (QED) is 0.0206. The monoisotopic (exact) mass is 740 g/mol. The summed E-state index contributed by atoms with van der Waals surface area (Å²) in [6.45, 7) is 5.30. The van der Waals surface area contributed by atoms with E-state index in [1.165, 1.54) is 89.9 Å². The van der Waals surface area contributed by atoms with E-state index >= 15 is 0 Å². The van der Waals surface area contributed by atoms with Crippen LogP contribution in [0.3, 0.4) is 0 Å². The molecule has 0 heterocycles. The number of unbranched alkanes of at least 4 members (excludes halogenated alkanes) is 15. The van der Waals surface area contributed by atoms with E-state index in [-0.39, 0.29) is 32.2 Å². The molecule has 0 aliphatic heterocycles. The molecular formula is C42H78NO7P. The highest BCUT2D eigenvalue weighted by Gasteiger charge is 2.20. The second-order valence-electron chi connectivity index (χ2n) is 14.6. The largest absolute Gasteiger partial charge is 0.756 e. The van der Waals surface area contributed by atoms with Crippen molar-refractivity contribution in [1.29, 1.82) is 0 Å². The van der Waals surface area contributed by atoms with Gasteiger partial charge in [0.05, 0.1) is 34.4 Å². The summed E-state index contributed by atoms with van der Waals surface area (Å²) in [5.41, 5.74) is 0. The first-order valence-electron chi connectivity index (χ1n) is 20.4. The summed E-state index contributed by atoms with van der Waals surface area (Å²) in [5, 5.41) is 0. The van der Waals surface area contributed by atoms with Crippen LogP contribution in [0.15, 0.2) is 48.6 Å². The van der Waals surface area contributed by atoms with E-state index in [0.29, 0.717) is 24.1 Å². The van der Waals surface area contributed by atoms with Crippen molar-refractivity contribution in [3.63, 3.8) is 0 Å². The van der Waals surface area contributed by atoms with Crippen LogP contribution in [-0.2, 0) is 27.9 Å². The van der Waals surface area contributed by atoms with Crippen molar-refractivity contribution in [3.05, 3.63) is 48.6 Å². The maximum Gasteiger partial charge on any atom is 0.306 e. The third-order valence-corrected chi connectivity index (χ3v) is 9.35. The molecule has 0 fully saturated rings. The van der Waals surface area contributed by atoms with Crippen molar-refractivity contribution in [2.24, 2.45) is 0 Å². The average molecular weight is 740 g/mol. The van der Waals surface area contributed by atoms with Crippen molar-refractivity contribution in [2.75, 3.05) is 54.1 Å². The van der Waals surface area contributed by atoms with Crippen molar-refractivity contribution < 1.29 is 37.3 Å². The molecule has 0 saturated carbocycles. The fraction of sp³-hybridized carbons (Fsp3) is 0.786. The Morgan fingerprint density at radius 2 is 1.08 bits per heavy atom. The number of carbonyl (C=O) groups is 1. The van der Waals surface area contributed by atoms with Gasteiger partial charge < -0.3 is 27.9 Å². The van der Waals surface area contributed by atoms with Crippen molar-refractivity contribution in [2.45, 2.75) is 161 Å². The topological polar surface area (TPSA) is 94.1 Å². The van der Waals surface area contributed by atoms with Gasteiger partial charge in [0, 0.05) is 13.0 Å². The van der Waals surface area contributed by atoms with E-state index in [4.69, 9.17) is 18.5 Å². The summed E-state index contributed by atoms with van der Waals surface area (Å²) < 4.78 is 34.4. The van der Waals surface area contributed by atoms with E-state index in [0.717, 1.165) is 38.5 Å². The number of phosphoric acid groups is 1. The second-order valence-corrected chi connectivity index (χ2v) is 16.1. The first kappa shape index (κ1) is 49.5. The highest BCUT2D eigenvalue weighted by molar-refractivity contribution is 7.45. The molecule has 298 valence electrons. The van der Waals surface area contributed by atoms with Gasteiger partial charge in [-0.15, -0.1) is 0 Å².